The third kappa shape index (κ3) is 3.60. The predicted molar refractivity (Wildman–Crippen MR) is 115 cm³/mol. The first kappa shape index (κ1) is 18.5. The van der Waals surface area contributed by atoms with Gasteiger partial charge in [-0.3, -0.25) is 4.79 Å². The number of carbonyl (C=O) groups excluding carboxylic acids is 1. The van der Waals surface area contributed by atoms with E-state index >= 15 is 0 Å². The summed E-state index contributed by atoms with van der Waals surface area (Å²) < 4.78 is 5.69. The van der Waals surface area contributed by atoms with Crippen molar-refractivity contribution < 1.29 is 9.53 Å². The summed E-state index contributed by atoms with van der Waals surface area (Å²) in [4.78, 5) is 23.4. The second kappa shape index (κ2) is 7.72. The molecule has 1 atom stereocenters. The highest BCUT2D eigenvalue weighted by molar-refractivity contribution is 7.20. The summed E-state index contributed by atoms with van der Waals surface area (Å²) in [7, 11) is 0. The molecule has 5 rings (SSSR count). The van der Waals surface area contributed by atoms with Crippen molar-refractivity contribution >= 4 is 33.3 Å². The zero-order chi connectivity index (χ0) is 19.8. The molecule has 3 heterocycles. The van der Waals surface area contributed by atoms with E-state index in [-0.39, 0.29) is 18.1 Å². The van der Waals surface area contributed by atoms with Crippen LogP contribution in [0.25, 0.3) is 10.2 Å². The number of hydrogen-bond acceptors (Lipinski definition) is 6. The van der Waals surface area contributed by atoms with Crippen molar-refractivity contribution in [2.45, 2.75) is 44.8 Å². The molecule has 0 bridgehead atoms. The van der Waals surface area contributed by atoms with E-state index in [1.54, 1.807) is 6.33 Å². The molecule has 1 aliphatic heterocycles. The minimum atomic E-state index is -0.0200. The lowest BCUT2D eigenvalue weighted by Crippen LogP contribution is -2.35. The first-order chi connectivity index (χ1) is 14.2. The summed E-state index contributed by atoms with van der Waals surface area (Å²) >= 11 is 1.44. The van der Waals surface area contributed by atoms with Crippen LogP contribution in [-0.4, -0.2) is 41.2 Å². The minimum absolute atomic E-state index is 0.0200. The number of ether oxygens (including phenoxy) is 1. The Bertz CT molecular complexity index is 1030. The maximum absolute atomic E-state index is 13.0. The van der Waals surface area contributed by atoms with Gasteiger partial charge in [0, 0.05) is 19.2 Å². The topological polar surface area (TPSA) is 76.1 Å². The lowest BCUT2D eigenvalue weighted by atomic mass is 10.1. The number of aryl methyl sites for hydroxylation is 1. The highest BCUT2D eigenvalue weighted by Crippen LogP contribution is 2.34. The number of anilines is 1. The average Bonchev–Trinajstić information content (AvgIpc) is 3.45. The summed E-state index contributed by atoms with van der Waals surface area (Å²) in [6.07, 6.45) is 5.75. The Hall–Kier alpha value is -2.51. The molecule has 6 nitrogen and oxygen atoms in total. The molecule has 0 saturated carbocycles. The van der Waals surface area contributed by atoms with E-state index in [9.17, 15) is 4.79 Å². The van der Waals surface area contributed by atoms with Crippen LogP contribution in [0.5, 0.6) is 0 Å². The van der Waals surface area contributed by atoms with Gasteiger partial charge in [0.15, 0.2) is 0 Å². The van der Waals surface area contributed by atoms with E-state index in [2.05, 4.69) is 44.9 Å². The number of aromatic nitrogens is 2. The Morgan fingerprint density at radius 2 is 2.03 bits per heavy atom. The fraction of sp³-hybridized carbons (Fsp3) is 0.409. The van der Waals surface area contributed by atoms with Crippen molar-refractivity contribution in [2.75, 3.05) is 18.5 Å². The molecule has 1 amide bonds. The van der Waals surface area contributed by atoms with E-state index in [0.29, 0.717) is 0 Å². The van der Waals surface area contributed by atoms with Gasteiger partial charge in [-0.2, -0.15) is 0 Å². The summed E-state index contributed by atoms with van der Waals surface area (Å²) in [6.45, 7) is 3.54. The maximum atomic E-state index is 13.0. The Balaban J connectivity index is 1.34. The standard InChI is InChI=1S/C22H24N4O2S/c1-13-18-20(23-11-17-7-4-8-28-17)24-12-25-22(18)29-19(13)21(27)26-16-9-14-5-2-3-6-15(14)10-16/h2-3,5-6,12,16-17H,4,7-11H2,1H3,(H,26,27)(H,23,24,25). The fourth-order valence-electron chi connectivity index (χ4n) is 4.35. The molecule has 1 aromatic carbocycles. The molecule has 2 aromatic heterocycles. The number of benzene rings is 1. The number of nitrogens with one attached hydrogen (secondary N) is 2. The van der Waals surface area contributed by atoms with Crippen LogP contribution in [-0.2, 0) is 17.6 Å². The van der Waals surface area contributed by atoms with Crippen molar-refractivity contribution in [1.82, 2.24) is 15.3 Å². The molecular weight excluding hydrogens is 384 g/mol. The summed E-state index contributed by atoms with van der Waals surface area (Å²) in [5.74, 6) is 0.764. The quantitative estimate of drug-likeness (QED) is 0.676. The van der Waals surface area contributed by atoms with E-state index in [4.69, 9.17) is 4.74 Å². The van der Waals surface area contributed by atoms with Crippen molar-refractivity contribution in [3.8, 4) is 0 Å². The van der Waals surface area contributed by atoms with Crippen LogP contribution >= 0.6 is 11.3 Å². The van der Waals surface area contributed by atoms with Crippen LogP contribution in [0.1, 0.15) is 39.2 Å². The Labute approximate surface area is 173 Å². The molecule has 7 heteroatoms. The SMILES string of the molecule is Cc1c(C(=O)NC2Cc3ccccc3C2)sc2ncnc(NCC3CCCO3)c12. The predicted octanol–water partition coefficient (Wildman–Crippen LogP) is 3.49. The van der Waals surface area contributed by atoms with Crippen LogP contribution < -0.4 is 10.6 Å². The number of amides is 1. The normalized spacial score (nSPS) is 18.9. The third-order valence-corrected chi connectivity index (χ3v) is 7.04. The van der Waals surface area contributed by atoms with Gasteiger partial charge in [0.2, 0.25) is 0 Å². The highest BCUT2D eigenvalue weighted by Gasteiger charge is 2.26. The highest BCUT2D eigenvalue weighted by atomic mass is 32.1. The maximum Gasteiger partial charge on any atom is 0.261 e. The average molecular weight is 409 g/mol. The van der Waals surface area contributed by atoms with Crippen molar-refractivity contribution in [1.29, 1.82) is 0 Å². The Morgan fingerprint density at radius 1 is 1.24 bits per heavy atom. The van der Waals surface area contributed by atoms with Gasteiger partial charge in [0.1, 0.15) is 17.0 Å². The molecule has 1 unspecified atom stereocenters. The van der Waals surface area contributed by atoms with E-state index in [1.807, 2.05) is 6.92 Å². The molecule has 2 N–H and O–H groups in total. The molecule has 0 spiro atoms. The zero-order valence-electron chi connectivity index (χ0n) is 16.4. The number of hydrogen-bond donors (Lipinski definition) is 2. The second-order valence-electron chi connectivity index (χ2n) is 7.82. The molecule has 29 heavy (non-hydrogen) atoms. The summed E-state index contributed by atoms with van der Waals surface area (Å²) in [6, 6.07) is 8.56. The molecule has 150 valence electrons. The monoisotopic (exact) mass is 408 g/mol. The Morgan fingerprint density at radius 3 is 2.76 bits per heavy atom. The van der Waals surface area contributed by atoms with Crippen LogP contribution in [0.4, 0.5) is 5.82 Å². The van der Waals surface area contributed by atoms with Gasteiger partial charge in [-0.05, 0) is 49.3 Å². The lowest BCUT2D eigenvalue weighted by molar-refractivity contribution is 0.0942. The first-order valence-corrected chi connectivity index (χ1v) is 11.0. The van der Waals surface area contributed by atoms with Gasteiger partial charge in [-0.15, -0.1) is 11.3 Å². The van der Waals surface area contributed by atoms with Gasteiger partial charge in [0.05, 0.1) is 16.4 Å². The number of rotatable bonds is 5. The van der Waals surface area contributed by atoms with Crippen LogP contribution in [0.15, 0.2) is 30.6 Å². The van der Waals surface area contributed by atoms with Crippen molar-refractivity contribution in [2.24, 2.45) is 0 Å². The van der Waals surface area contributed by atoms with Gasteiger partial charge >= 0.3 is 0 Å². The molecule has 1 saturated heterocycles. The number of fused-ring (bicyclic) bond motifs is 2. The molecule has 1 aliphatic carbocycles. The molecular formula is C22H24N4O2S. The smallest absolute Gasteiger partial charge is 0.261 e. The molecule has 0 radical (unpaired) electrons. The number of thiophene rings is 1. The number of nitrogens with zero attached hydrogens (tertiary/aromatic N) is 2. The van der Waals surface area contributed by atoms with Gasteiger partial charge in [0.25, 0.3) is 5.91 Å². The van der Waals surface area contributed by atoms with Gasteiger partial charge in [-0.1, -0.05) is 24.3 Å². The van der Waals surface area contributed by atoms with Gasteiger partial charge < -0.3 is 15.4 Å². The zero-order valence-corrected chi connectivity index (χ0v) is 17.2. The van der Waals surface area contributed by atoms with Crippen LogP contribution in [0.3, 0.4) is 0 Å². The van der Waals surface area contributed by atoms with E-state index in [0.717, 1.165) is 65.3 Å². The first-order valence-electron chi connectivity index (χ1n) is 10.2. The largest absolute Gasteiger partial charge is 0.376 e. The van der Waals surface area contributed by atoms with Crippen LogP contribution in [0, 0.1) is 6.92 Å². The van der Waals surface area contributed by atoms with E-state index in [1.165, 1.54) is 22.5 Å². The lowest BCUT2D eigenvalue weighted by Gasteiger charge is -2.12. The van der Waals surface area contributed by atoms with Crippen molar-refractivity contribution in [3.63, 3.8) is 0 Å². The minimum Gasteiger partial charge on any atom is -0.376 e. The third-order valence-electron chi connectivity index (χ3n) is 5.84. The van der Waals surface area contributed by atoms with Crippen molar-refractivity contribution in [3.05, 3.63) is 52.2 Å². The second-order valence-corrected chi connectivity index (χ2v) is 8.82. The molecule has 1 fully saturated rings. The molecule has 2 aliphatic rings. The Kier molecular flexibility index (Phi) is 4.93. The summed E-state index contributed by atoms with van der Waals surface area (Å²) in [5, 5.41) is 7.57. The number of carbonyl (C=O) groups is 1. The fourth-order valence-corrected chi connectivity index (χ4v) is 5.40. The summed E-state index contributed by atoms with van der Waals surface area (Å²) in [5.41, 5.74) is 3.60. The van der Waals surface area contributed by atoms with Gasteiger partial charge in [-0.25, -0.2) is 9.97 Å². The van der Waals surface area contributed by atoms with Crippen LogP contribution in [0.2, 0.25) is 0 Å². The van der Waals surface area contributed by atoms with E-state index < -0.39 is 0 Å². The molecule has 3 aromatic rings.